The number of rotatable bonds is 16. The van der Waals surface area contributed by atoms with E-state index in [9.17, 15) is 9.59 Å². The first-order chi connectivity index (χ1) is 19.7. The fraction of sp³-hybridized carbons (Fsp3) is 0.556. The molecule has 3 aromatic carbocycles. The molecule has 210 valence electrons. The van der Waals surface area contributed by atoms with Crippen molar-refractivity contribution < 1.29 is 9.59 Å². The first-order valence-corrected chi connectivity index (χ1v) is 16.2. The Morgan fingerprint density at radius 2 is 0.925 bits per heavy atom. The first kappa shape index (κ1) is 26.3. The molecule has 7 rings (SSSR count). The van der Waals surface area contributed by atoms with Gasteiger partial charge in [-0.05, 0) is 124 Å². The Morgan fingerprint density at radius 1 is 0.550 bits per heavy atom. The van der Waals surface area contributed by atoms with Gasteiger partial charge in [0, 0.05) is 48.1 Å². The lowest BCUT2D eigenvalue weighted by Gasteiger charge is -2.21. The zero-order valence-electron chi connectivity index (χ0n) is 24.0. The standard InChI is InChI=1S/C36H44N2O2/c39-35(11-1-3-21-37(27-13-14-27)28-15-16-28)31-9-5-7-25-24-34-26(23-33(25)31)8-6-10-32(34)36(40)12-2-4-22-38(29-17-18-29)30-19-20-30/h5-10,23-24,27-30H,1-4,11-22H2. The first-order valence-electron chi connectivity index (χ1n) is 16.2. The molecule has 0 heterocycles. The van der Waals surface area contributed by atoms with Crippen molar-refractivity contribution in [3.05, 3.63) is 59.7 Å². The summed E-state index contributed by atoms with van der Waals surface area (Å²) < 4.78 is 0. The molecule has 0 bridgehead atoms. The van der Waals surface area contributed by atoms with Crippen molar-refractivity contribution in [3.8, 4) is 0 Å². The second-order valence-corrected chi connectivity index (χ2v) is 13.1. The maximum Gasteiger partial charge on any atom is 0.163 e. The summed E-state index contributed by atoms with van der Waals surface area (Å²) in [6.45, 7) is 2.30. The molecule has 40 heavy (non-hydrogen) atoms. The fourth-order valence-corrected chi connectivity index (χ4v) is 6.92. The number of Topliss-reactive ketones (excluding diaryl/α,β-unsaturated/α-hetero) is 2. The predicted molar refractivity (Wildman–Crippen MR) is 163 cm³/mol. The van der Waals surface area contributed by atoms with Crippen LogP contribution in [-0.4, -0.2) is 58.6 Å². The molecule has 0 aromatic heterocycles. The molecule has 0 radical (unpaired) electrons. The third kappa shape index (κ3) is 6.04. The SMILES string of the molecule is O=C(CCCCN(C1CC1)C1CC1)c1cccc2cc3c(C(=O)CCCCN(C4CC4)C4CC4)cccc3cc12. The number of hydrogen-bond donors (Lipinski definition) is 0. The Morgan fingerprint density at radius 3 is 1.27 bits per heavy atom. The molecular weight excluding hydrogens is 492 g/mol. The van der Waals surface area contributed by atoms with Gasteiger partial charge < -0.3 is 0 Å². The number of nitrogens with zero attached hydrogens (tertiary/aromatic N) is 2. The Kier molecular flexibility index (Phi) is 7.49. The summed E-state index contributed by atoms with van der Waals surface area (Å²) in [6.07, 6.45) is 16.3. The lowest BCUT2D eigenvalue weighted by atomic mass is 9.92. The lowest BCUT2D eigenvalue weighted by Crippen LogP contribution is -2.29. The van der Waals surface area contributed by atoms with E-state index in [1.165, 1.54) is 51.4 Å². The van der Waals surface area contributed by atoms with Crippen LogP contribution in [0.4, 0.5) is 0 Å². The Bertz CT molecular complexity index is 1270. The number of carbonyl (C=O) groups is 2. The molecular formula is C36H44N2O2. The molecule has 4 heteroatoms. The van der Waals surface area contributed by atoms with E-state index in [0.29, 0.717) is 12.8 Å². The van der Waals surface area contributed by atoms with E-state index in [1.807, 2.05) is 24.3 Å². The lowest BCUT2D eigenvalue weighted by molar-refractivity contribution is 0.0971. The van der Waals surface area contributed by atoms with Gasteiger partial charge in [0.25, 0.3) is 0 Å². The van der Waals surface area contributed by atoms with Crippen LogP contribution in [0, 0.1) is 0 Å². The van der Waals surface area contributed by atoms with E-state index in [0.717, 1.165) is 95.6 Å². The molecule has 4 aliphatic rings. The van der Waals surface area contributed by atoms with Gasteiger partial charge in [-0.25, -0.2) is 0 Å². The Balaban J connectivity index is 0.994. The molecule has 3 aromatic rings. The maximum absolute atomic E-state index is 13.3. The summed E-state index contributed by atoms with van der Waals surface area (Å²) in [4.78, 5) is 32.1. The Labute approximate surface area is 239 Å². The van der Waals surface area contributed by atoms with Gasteiger partial charge in [-0.3, -0.25) is 19.4 Å². The molecule has 4 saturated carbocycles. The summed E-state index contributed by atoms with van der Waals surface area (Å²) in [5, 5.41) is 4.14. The molecule has 0 amide bonds. The second-order valence-electron chi connectivity index (χ2n) is 13.1. The van der Waals surface area contributed by atoms with Crippen LogP contribution in [-0.2, 0) is 0 Å². The third-order valence-electron chi connectivity index (χ3n) is 9.68. The monoisotopic (exact) mass is 536 g/mol. The molecule has 0 unspecified atom stereocenters. The molecule has 0 atom stereocenters. The van der Waals surface area contributed by atoms with E-state index < -0.39 is 0 Å². The number of unbranched alkanes of at least 4 members (excludes halogenated alkanes) is 2. The molecule has 4 fully saturated rings. The fourth-order valence-electron chi connectivity index (χ4n) is 6.92. The van der Waals surface area contributed by atoms with Crippen LogP contribution in [0.15, 0.2) is 48.5 Å². The largest absolute Gasteiger partial charge is 0.297 e. The quantitative estimate of drug-likeness (QED) is 0.106. The van der Waals surface area contributed by atoms with Crippen LogP contribution in [0.3, 0.4) is 0 Å². The molecule has 4 aliphatic carbocycles. The minimum atomic E-state index is 0.244. The van der Waals surface area contributed by atoms with Crippen LogP contribution >= 0.6 is 0 Å². The van der Waals surface area contributed by atoms with Crippen molar-refractivity contribution >= 4 is 33.1 Å². The van der Waals surface area contributed by atoms with Gasteiger partial charge in [0.1, 0.15) is 0 Å². The molecule has 4 nitrogen and oxygen atoms in total. The number of fused-ring (bicyclic) bond motifs is 2. The van der Waals surface area contributed by atoms with Gasteiger partial charge in [-0.2, -0.15) is 0 Å². The van der Waals surface area contributed by atoms with Gasteiger partial charge >= 0.3 is 0 Å². The summed E-state index contributed by atoms with van der Waals surface area (Å²) in [6, 6.07) is 19.7. The highest BCUT2D eigenvalue weighted by Gasteiger charge is 2.39. The van der Waals surface area contributed by atoms with Gasteiger partial charge in [0.2, 0.25) is 0 Å². The summed E-state index contributed by atoms with van der Waals surface area (Å²) in [5.41, 5.74) is 1.65. The van der Waals surface area contributed by atoms with Gasteiger partial charge in [-0.1, -0.05) is 36.4 Å². The van der Waals surface area contributed by atoms with Crippen molar-refractivity contribution in [3.63, 3.8) is 0 Å². The molecule has 0 aliphatic heterocycles. The highest BCUT2D eigenvalue weighted by Crippen LogP contribution is 2.38. The van der Waals surface area contributed by atoms with Crippen molar-refractivity contribution in [1.82, 2.24) is 9.80 Å². The number of benzene rings is 3. The van der Waals surface area contributed by atoms with Crippen LogP contribution in [0.5, 0.6) is 0 Å². The highest BCUT2D eigenvalue weighted by atomic mass is 16.1. The molecule has 0 spiro atoms. The zero-order valence-corrected chi connectivity index (χ0v) is 24.0. The Hall–Kier alpha value is -2.56. The van der Waals surface area contributed by atoms with Crippen molar-refractivity contribution in [2.75, 3.05) is 13.1 Å². The topological polar surface area (TPSA) is 40.6 Å². The zero-order chi connectivity index (χ0) is 27.1. The van der Waals surface area contributed by atoms with Gasteiger partial charge in [-0.15, -0.1) is 0 Å². The van der Waals surface area contributed by atoms with E-state index in [2.05, 4.69) is 34.1 Å². The number of hydrogen-bond acceptors (Lipinski definition) is 4. The summed E-state index contributed by atoms with van der Waals surface area (Å²) in [7, 11) is 0. The van der Waals surface area contributed by atoms with Crippen LogP contribution < -0.4 is 0 Å². The third-order valence-corrected chi connectivity index (χ3v) is 9.68. The van der Waals surface area contributed by atoms with E-state index in [1.54, 1.807) is 0 Å². The normalized spacial score (nSPS) is 19.2. The maximum atomic E-state index is 13.3. The average molecular weight is 537 g/mol. The van der Waals surface area contributed by atoms with Gasteiger partial charge in [0.15, 0.2) is 11.6 Å². The second kappa shape index (κ2) is 11.4. The van der Waals surface area contributed by atoms with E-state index in [4.69, 9.17) is 0 Å². The summed E-state index contributed by atoms with van der Waals surface area (Å²) >= 11 is 0. The van der Waals surface area contributed by atoms with E-state index in [-0.39, 0.29) is 11.6 Å². The smallest absolute Gasteiger partial charge is 0.163 e. The minimum absolute atomic E-state index is 0.244. The van der Waals surface area contributed by atoms with Crippen molar-refractivity contribution in [2.24, 2.45) is 0 Å². The van der Waals surface area contributed by atoms with Crippen LogP contribution in [0.25, 0.3) is 21.5 Å². The number of ketones is 2. The summed E-state index contributed by atoms with van der Waals surface area (Å²) in [5.74, 6) is 0.487. The van der Waals surface area contributed by atoms with Crippen LogP contribution in [0.2, 0.25) is 0 Å². The highest BCUT2D eigenvalue weighted by molar-refractivity contribution is 6.15. The molecule has 0 saturated heterocycles. The van der Waals surface area contributed by atoms with Crippen molar-refractivity contribution in [2.45, 2.75) is 114 Å². The number of carbonyl (C=O) groups excluding carboxylic acids is 2. The minimum Gasteiger partial charge on any atom is -0.297 e. The van der Waals surface area contributed by atoms with Gasteiger partial charge in [0.05, 0.1) is 0 Å². The molecule has 0 N–H and O–H groups in total. The predicted octanol–water partition coefficient (Wildman–Crippen LogP) is 7.95. The van der Waals surface area contributed by atoms with Crippen molar-refractivity contribution in [1.29, 1.82) is 0 Å². The average Bonchev–Trinajstić information content (AvgIpc) is 3.78. The van der Waals surface area contributed by atoms with E-state index >= 15 is 0 Å². The van der Waals surface area contributed by atoms with Crippen LogP contribution in [0.1, 0.15) is 111 Å².